The number of anilines is 1. The average Bonchev–Trinajstić information content (AvgIpc) is 2.82. The molecule has 0 saturated heterocycles. The van der Waals surface area contributed by atoms with Gasteiger partial charge in [0, 0.05) is 25.4 Å². The van der Waals surface area contributed by atoms with Crippen LogP contribution < -0.4 is 24.8 Å². The van der Waals surface area contributed by atoms with Crippen molar-refractivity contribution in [2.24, 2.45) is 0 Å². The topological polar surface area (TPSA) is 158 Å². The molecule has 1 heterocycles. The summed E-state index contributed by atoms with van der Waals surface area (Å²) in [6.45, 7) is 0.528. The maximum absolute atomic E-state index is 12.7. The predicted octanol–water partition coefficient (Wildman–Crippen LogP) is 0.888. The van der Waals surface area contributed by atoms with E-state index in [1.165, 1.54) is 49.6 Å². The van der Waals surface area contributed by atoms with Gasteiger partial charge in [0.15, 0.2) is 18.1 Å². The lowest BCUT2D eigenvalue weighted by Crippen LogP contribution is -2.42. The molecule has 1 aliphatic heterocycles. The van der Waals surface area contributed by atoms with Crippen LogP contribution in [0.4, 0.5) is 10.5 Å². The number of amides is 3. The molecule has 0 bridgehead atoms. The van der Waals surface area contributed by atoms with Gasteiger partial charge in [-0.05, 0) is 36.4 Å². The molecule has 13 heteroatoms. The molecule has 0 unspecified atom stereocenters. The second-order valence-electron chi connectivity index (χ2n) is 6.86. The molecule has 0 saturated carbocycles. The highest BCUT2D eigenvalue weighted by Gasteiger charge is 2.20. The van der Waals surface area contributed by atoms with Crippen LogP contribution in [-0.2, 0) is 24.3 Å². The number of benzene rings is 2. The number of esters is 1. The number of hydrogen-bond donors (Lipinski definition) is 3. The van der Waals surface area contributed by atoms with Crippen LogP contribution in [0.3, 0.4) is 0 Å². The number of hydrogen-bond acceptors (Lipinski definition) is 9. The van der Waals surface area contributed by atoms with Gasteiger partial charge in [0.1, 0.15) is 13.2 Å². The van der Waals surface area contributed by atoms with E-state index in [1.54, 1.807) is 0 Å². The summed E-state index contributed by atoms with van der Waals surface area (Å²) in [5.41, 5.74) is 0.288. The van der Waals surface area contributed by atoms with Crippen LogP contribution in [0, 0.1) is 0 Å². The molecule has 1 aliphatic rings. The smallest absolute Gasteiger partial charge is 0.338 e. The standard InChI is InChI=1S/C21H23N3O9S/c1-30-9-8-22-21(27)23-19(25)13-33-20(26)14-2-4-15(5-3-14)24-34(28,29)16-6-7-17-18(12-16)32-11-10-31-17/h2-7,12,24H,8-11,13H2,1H3,(H2,22,23,25,27). The highest BCUT2D eigenvalue weighted by Crippen LogP contribution is 2.32. The van der Waals surface area contributed by atoms with Crippen LogP contribution in [0.25, 0.3) is 0 Å². The van der Waals surface area contributed by atoms with Gasteiger partial charge in [-0.2, -0.15) is 0 Å². The van der Waals surface area contributed by atoms with Gasteiger partial charge in [-0.25, -0.2) is 18.0 Å². The number of imide groups is 1. The molecular weight excluding hydrogens is 470 g/mol. The van der Waals surface area contributed by atoms with E-state index in [2.05, 4.69) is 10.0 Å². The maximum Gasteiger partial charge on any atom is 0.338 e. The van der Waals surface area contributed by atoms with Crippen LogP contribution in [0.5, 0.6) is 11.5 Å². The fourth-order valence-electron chi connectivity index (χ4n) is 2.77. The van der Waals surface area contributed by atoms with Gasteiger partial charge in [-0.3, -0.25) is 14.8 Å². The van der Waals surface area contributed by atoms with E-state index in [1.807, 2.05) is 5.32 Å². The zero-order valence-electron chi connectivity index (χ0n) is 18.2. The molecule has 0 fully saturated rings. The fraction of sp³-hybridized carbons (Fsp3) is 0.286. The number of ether oxygens (including phenoxy) is 4. The summed E-state index contributed by atoms with van der Waals surface area (Å²) < 4.78 is 48.2. The Morgan fingerprint density at radius 2 is 1.71 bits per heavy atom. The number of nitrogens with one attached hydrogen (secondary N) is 3. The van der Waals surface area contributed by atoms with E-state index in [4.69, 9.17) is 18.9 Å². The summed E-state index contributed by atoms with van der Waals surface area (Å²) in [7, 11) is -2.46. The van der Waals surface area contributed by atoms with E-state index < -0.39 is 34.5 Å². The van der Waals surface area contributed by atoms with E-state index in [0.717, 1.165) is 0 Å². The Bertz CT molecular complexity index is 1150. The van der Waals surface area contributed by atoms with Gasteiger partial charge in [-0.1, -0.05) is 0 Å². The first kappa shape index (κ1) is 24.8. The molecule has 0 spiro atoms. The Labute approximate surface area is 195 Å². The van der Waals surface area contributed by atoms with Crippen molar-refractivity contribution in [1.29, 1.82) is 0 Å². The molecule has 3 amide bonds. The molecule has 2 aromatic rings. The SMILES string of the molecule is COCCNC(=O)NC(=O)COC(=O)c1ccc(NS(=O)(=O)c2ccc3c(c2)OCCO3)cc1. The third-order valence-corrected chi connectivity index (χ3v) is 5.75. The monoisotopic (exact) mass is 493 g/mol. The summed E-state index contributed by atoms with van der Waals surface area (Å²) in [6, 6.07) is 8.94. The number of methoxy groups -OCH3 is 1. The van der Waals surface area contributed by atoms with Crippen LogP contribution in [0.15, 0.2) is 47.4 Å². The summed E-state index contributed by atoms with van der Waals surface area (Å²) >= 11 is 0. The Balaban J connectivity index is 1.52. The summed E-state index contributed by atoms with van der Waals surface area (Å²) in [5.74, 6) is -0.833. The van der Waals surface area contributed by atoms with Crippen molar-refractivity contribution in [2.75, 3.05) is 44.8 Å². The Morgan fingerprint density at radius 1 is 1.00 bits per heavy atom. The first-order chi connectivity index (χ1) is 16.3. The first-order valence-corrected chi connectivity index (χ1v) is 11.5. The molecule has 0 radical (unpaired) electrons. The molecule has 3 rings (SSSR count). The Hall–Kier alpha value is -3.84. The van der Waals surface area contributed by atoms with E-state index in [-0.39, 0.29) is 29.3 Å². The number of sulfonamides is 1. The normalized spacial score (nSPS) is 12.4. The number of carbonyl (C=O) groups is 3. The van der Waals surface area contributed by atoms with Crippen molar-refractivity contribution in [2.45, 2.75) is 4.90 Å². The minimum absolute atomic E-state index is 0.0162. The molecule has 2 aromatic carbocycles. The molecule has 0 aliphatic carbocycles. The van der Waals surface area contributed by atoms with Crippen molar-refractivity contribution in [3.63, 3.8) is 0 Å². The lowest BCUT2D eigenvalue weighted by Gasteiger charge is -2.19. The summed E-state index contributed by atoms with van der Waals surface area (Å²) in [5, 5.41) is 4.38. The van der Waals surface area contributed by atoms with Gasteiger partial charge >= 0.3 is 12.0 Å². The first-order valence-electron chi connectivity index (χ1n) is 10.0. The van der Waals surface area contributed by atoms with Gasteiger partial charge in [0.05, 0.1) is 17.1 Å². The Morgan fingerprint density at radius 3 is 2.41 bits per heavy atom. The number of fused-ring (bicyclic) bond motifs is 1. The highest BCUT2D eigenvalue weighted by atomic mass is 32.2. The van der Waals surface area contributed by atoms with E-state index in [0.29, 0.717) is 24.7 Å². The molecule has 12 nitrogen and oxygen atoms in total. The fourth-order valence-corrected chi connectivity index (χ4v) is 3.84. The van der Waals surface area contributed by atoms with Crippen molar-refractivity contribution < 1.29 is 41.7 Å². The number of rotatable bonds is 9. The average molecular weight is 493 g/mol. The van der Waals surface area contributed by atoms with Crippen LogP contribution in [-0.4, -0.2) is 66.4 Å². The lowest BCUT2D eigenvalue weighted by molar-refractivity contribution is -0.123. The lowest BCUT2D eigenvalue weighted by atomic mass is 10.2. The van der Waals surface area contributed by atoms with E-state index >= 15 is 0 Å². The maximum atomic E-state index is 12.7. The van der Waals surface area contributed by atoms with Crippen molar-refractivity contribution in [3.05, 3.63) is 48.0 Å². The van der Waals surface area contributed by atoms with Crippen molar-refractivity contribution >= 4 is 33.6 Å². The largest absolute Gasteiger partial charge is 0.486 e. The van der Waals surface area contributed by atoms with Crippen molar-refractivity contribution in [3.8, 4) is 11.5 Å². The van der Waals surface area contributed by atoms with Crippen LogP contribution in [0.2, 0.25) is 0 Å². The predicted molar refractivity (Wildman–Crippen MR) is 118 cm³/mol. The van der Waals surface area contributed by atoms with E-state index in [9.17, 15) is 22.8 Å². The quantitative estimate of drug-likeness (QED) is 0.341. The number of carbonyl (C=O) groups excluding carboxylic acids is 3. The minimum atomic E-state index is -3.92. The van der Waals surface area contributed by atoms with Crippen LogP contribution >= 0.6 is 0 Å². The molecular formula is C21H23N3O9S. The molecule has 3 N–H and O–H groups in total. The highest BCUT2D eigenvalue weighted by molar-refractivity contribution is 7.92. The second-order valence-corrected chi connectivity index (χ2v) is 8.54. The summed E-state index contributed by atoms with van der Waals surface area (Å²) in [6.07, 6.45) is 0. The number of urea groups is 1. The third-order valence-electron chi connectivity index (χ3n) is 4.38. The molecule has 0 atom stereocenters. The molecule has 0 aromatic heterocycles. The Kier molecular flexibility index (Phi) is 8.27. The van der Waals surface area contributed by atoms with Crippen LogP contribution in [0.1, 0.15) is 10.4 Å². The molecule has 34 heavy (non-hydrogen) atoms. The summed E-state index contributed by atoms with van der Waals surface area (Å²) in [4.78, 5) is 35.2. The van der Waals surface area contributed by atoms with Gasteiger partial charge < -0.3 is 24.3 Å². The van der Waals surface area contributed by atoms with Crippen molar-refractivity contribution in [1.82, 2.24) is 10.6 Å². The zero-order chi connectivity index (χ0) is 24.6. The minimum Gasteiger partial charge on any atom is -0.486 e. The van der Waals surface area contributed by atoms with Gasteiger partial charge in [-0.15, -0.1) is 0 Å². The van der Waals surface area contributed by atoms with Gasteiger partial charge in [0.25, 0.3) is 15.9 Å². The second kappa shape index (κ2) is 11.3. The zero-order valence-corrected chi connectivity index (χ0v) is 19.0. The van der Waals surface area contributed by atoms with Gasteiger partial charge in [0.2, 0.25) is 0 Å². The molecule has 182 valence electrons. The third kappa shape index (κ3) is 6.83.